The van der Waals surface area contributed by atoms with Crippen LogP contribution in [0.3, 0.4) is 0 Å². The van der Waals surface area contributed by atoms with E-state index in [2.05, 4.69) is 36.5 Å². The first-order chi connectivity index (χ1) is 12.8. The molecule has 0 aliphatic heterocycles. The fourth-order valence-electron chi connectivity index (χ4n) is 2.86. The summed E-state index contributed by atoms with van der Waals surface area (Å²) in [5.74, 6) is 0.831. The molecule has 3 rings (SSSR count). The van der Waals surface area contributed by atoms with Gasteiger partial charge < -0.3 is 5.32 Å². The van der Waals surface area contributed by atoms with Gasteiger partial charge in [-0.05, 0) is 29.7 Å². The zero-order chi connectivity index (χ0) is 18.2. The zero-order valence-electron chi connectivity index (χ0n) is 14.9. The van der Waals surface area contributed by atoms with Crippen molar-refractivity contribution in [2.45, 2.75) is 30.0 Å². The van der Waals surface area contributed by atoms with Gasteiger partial charge in [0, 0.05) is 10.6 Å². The van der Waals surface area contributed by atoms with Crippen molar-refractivity contribution in [3.05, 3.63) is 102 Å². The van der Waals surface area contributed by atoms with Gasteiger partial charge in [-0.25, -0.2) is 0 Å². The number of carbonyl (C=O) groups is 1. The summed E-state index contributed by atoms with van der Waals surface area (Å²) in [5.41, 5.74) is 3.13. The lowest BCUT2D eigenvalue weighted by Crippen LogP contribution is -2.28. The molecule has 0 aliphatic rings. The first-order valence-corrected chi connectivity index (χ1v) is 9.88. The van der Waals surface area contributed by atoms with Gasteiger partial charge in [0.15, 0.2) is 0 Å². The summed E-state index contributed by atoms with van der Waals surface area (Å²) in [5, 5.41) is 3.19. The topological polar surface area (TPSA) is 29.1 Å². The average Bonchev–Trinajstić information content (AvgIpc) is 2.72. The Morgan fingerprint density at radius 2 is 1.50 bits per heavy atom. The molecular weight excluding hydrogens is 338 g/mol. The van der Waals surface area contributed by atoms with E-state index >= 15 is 0 Å². The van der Waals surface area contributed by atoms with Crippen LogP contribution in [0.4, 0.5) is 0 Å². The van der Waals surface area contributed by atoms with Crippen LogP contribution in [0.2, 0.25) is 0 Å². The van der Waals surface area contributed by atoms with E-state index in [9.17, 15) is 4.79 Å². The van der Waals surface area contributed by atoms with E-state index in [0.29, 0.717) is 0 Å². The Kier molecular flexibility index (Phi) is 6.50. The molecule has 0 saturated carbocycles. The van der Waals surface area contributed by atoms with Crippen molar-refractivity contribution >= 4 is 17.7 Å². The number of amides is 1. The Morgan fingerprint density at radius 3 is 2.19 bits per heavy atom. The van der Waals surface area contributed by atoms with Gasteiger partial charge in [-0.15, -0.1) is 11.8 Å². The monoisotopic (exact) mass is 361 g/mol. The van der Waals surface area contributed by atoms with Gasteiger partial charge >= 0.3 is 0 Å². The van der Waals surface area contributed by atoms with E-state index < -0.39 is 0 Å². The molecule has 0 aliphatic carbocycles. The Bertz CT molecular complexity index is 833. The third-order valence-corrected chi connectivity index (χ3v) is 5.43. The molecule has 3 aromatic rings. The summed E-state index contributed by atoms with van der Waals surface area (Å²) in [6, 6.07) is 28.3. The van der Waals surface area contributed by atoms with E-state index in [-0.39, 0.29) is 11.9 Å². The predicted octanol–water partition coefficient (Wildman–Crippen LogP) is 5.86. The highest BCUT2D eigenvalue weighted by atomic mass is 32.2. The lowest BCUT2D eigenvalue weighted by Gasteiger charge is -2.18. The van der Waals surface area contributed by atoms with Crippen molar-refractivity contribution in [3.63, 3.8) is 0 Å². The standard InChI is InChI=1S/C23H23NOS/c1-2-21(19-13-7-4-8-14-19)24-23(25)20-15-9-10-16-22(20)26-17-18-11-5-3-6-12-18/h3-16,21H,2,17H2,1H3,(H,24,25)/t21-/m1/s1. The molecular formula is C23H23NOS. The second-order valence-corrected chi connectivity index (χ2v) is 7.13. The summed E-state index contributed by atoms with van der Waals surface area (Å²) >= 11 is 1.70. The fourth-order valence-corrected chi connectivity index (χ4v) is 3.86. The zero-order valence-corrected chi connectivity index (χ0v) is 15.7. The van der Waals surface area contributed by atoms with Crippen LogP contribution in [-0.2, 0) is 5.75 Å². The largest absolute Gasteiger partial charge is 0.345 e. The number of nitrogens with one attached hydrogen (secondary N) is 1. The number of carbonyl (C=O) groups excluding carboxylic acids is 1. The van der Waals surface area contributed by atoms with Crippen molar-refractivity contribution in [1.29, 1.82) is 0 Å². The van der Waals surface area contributed by atoms with E-state index in [1.807, 2.05) is 60.7 Å². The number of rotatable bonds is 7. The molecule has 132 valence electrons. The molecule has 0 spiro atoms. The molecule has 0 unspecified atom stereocenters. The van der Waals surface area contributed by atoms with E-state index in [1.54, 1.807) is 11.8 Å². The van der Waals surface area contributed by atoms with Gasteiger partial charge in [-0.2, -0.15) is 0 Å². The Balaban J connectivity index is 1.73. The molecule has 0 fully saturated rings. The third kappa shape index (κ3) is 4.77. The molecule has 0 radical (unpaired) electrons. The van der Waals surface area contributed by atoms with Gasteiger partial charge in [0.1, 0.15) is 0 Å². The molecule has 3 aromatic carbocycles. The third-order valence-electron chi connectivity index (χ3n) is 4.28. The van der Waals surface area contributed by atoms with E-state index in [0.717, 1.165) is 28.2 Å². The van der Waals surface area contributed by atoms with Crippen molar-refractivity contribution < 1.29 is 4.79 Å². The van der Waals surface area contributed by atoms with Crippen LogP contribution in [0.1, 0.15) is 40.9 Å². The summed E-state index contributed by atoms with van der Waals surface area (Å²) in [6.07, 6.45) is 0.856. The molecule has 0 saturated heterocycles. The minimum atomic E-state index is -0.0168. The smallest absolute Gasteiger partial charge is 0.252 e. The number of hydrogen-bond donors (Lipinski definition) is 1. The van der Waals surface area contributed by atoms with Crippen molar-refractivity contribution in [2.75, 3.05) is 0 Å². The molecule has 26 heavy (non-hydrogen) atoms. The van der Waals surface area contributed by atoms with Crippen LogP contribution in [0.25, 0.3) is 0 Å². The summed E-state index contributed by atoms with van der Waals surface area (Å²) < 4.78 is 0. The van der Waals surface area contributed by atoms with Crippen LogP contribution in [-0.4, -0.2) is 5.91 Å². The summed E-state index contributed by atoms with van der Waals surface area (Å²) in [6.45, 7) is 2.09. The Labute approximate surface area is 159 Å². The normalized spacial score (nSPS) is 11.7. The Hall–Kier alpha value is -2.52. The first kappa shape index (κ1) is 18.3. The predicted molar refractivity (Wildman–Crippen MR) is 109 cm³/mol. The maximum Gasteiger partial charge on any atom is 0.252 e. The van der Waals surface area contributed by atoms with E-state index in [1.165, 1.54) is 5.56 Å². The summed E-state index contributed by atoms with van der Waals surface area (Å²) in [7, 11) is 0. The molecule has 2 nitrogen and oxygen atoms in total. The highest BCUT2D eigenvalue weighted by Gasteiger charge is 2.16. The lowest BCUT2D eigenvalue weighted by molar-refractivity contribution is 0.0932. The van der Waals surface area contributed by atoms with Crippen LogP contribution >= 0.6 is 11.8 Å². The highest BCUT2D eigenvalue weighted by Crippen LogP contribution is 2.27. The number of hydrogen-bond acceptors (Lipinski definition) is 2. The van der Waals surface area contributed by atoms with Gasteiger partial charge in [-0.1, -0.05) is 79.7 Å². The van der Waals surface area contributed by atoms with Crippen LogP contribution in [0, 0.1) is 0 Å². The quantitative estimate of drug-likeness (QED) is 0.534. The SMILES string of the molecule is CC[C@@H](NC(=O)c1ccccc1SCc1ccccc1)c1ccccc1. The lowest BCUT2D eigenvalue weighted by atomic mass is 10.0. The molecule has 1 N–H and O–H groups in total. The Morgan fingerprint density at radius 1 is 0.885 bits per heavy atom. The molecule has 0 heterocycles. The second kappa shape index (κ2) is 9.25. The van der Waals surface area contributed by atoms with Gasteiger partial charge in [0.05, 0.1) is 11.6 Å². The minimum absolute atomic E-state index is 0.0168. The second-order valence-electron chi connectivity index (χ2n) is 6.12. The van der Waals surface area contributed by atoms with Gasteiger partial charge in [0.2, 0.25) is 0 Å². The fraction of sp³-hybridized carbons (Fsp3) is 0.174. The molecule has 1 amide bonds. The van der Waals surface area contributed by atoms with Crippen molar-refractivity contribution in [3.8, 4) is 0 Å². The van der Waals surface area contributed by atoms with Crippen LogP contribution in [0.5, 0.6) is 0 Å². The minimum Gasteiger partial charge on any atom is -0.345 e. The molecule has 1 atom stereocenters. The molecule has 0 aromatic heterocycles. The van der Waals surface area contributed by atoms with Crippen molar-refractivity contribution in [1.82, 2.24) is 5.32 Å². The number of benzene rings is 3. The molecule has 0 bridgehead atoms. The van der Waals surface area contributed by atoms with Crippen molar-refractivity contribution in [2.24, 2.45) is 0 Å². The van der Waals surface area contributed by atoms with Crippen LogP contribution in [0.15, 0.2) is 89.8 Å². The maximum absolute atomic E-state index is 12.9. The van der Waals surface area contributed by atoms with Gasteiger partial charge in [0.25, 0.3) is 5.91 Å². The van der Waals surface area contributed by atoms with E-state index in [4.69, 9.17) is 0 Å². The van der Waals surface area contributed by atoms with Gasteiger partial charge in [-0.3, -0.25) is 4.79 Å². The highest BCUT2D eigenvalue weighted by molar-refractivity contribution is 7.98. The first-order valence-electron chi connectivity index (χ1n) is 8.89. The average molecular weight is 362 g/mol. The maximum atomic E-state index is 12.9. The van der Waals surface area contributed by atoms with Crippen LogP contribution < -0.4 is 5.32 Å². The number of thioether (sulfide) groups is 1. The summed E-state index contributed by atoms with van der Waals surface area (Å²) in [4.78, 5) is 13.9. The molecule has 3 heteroatoms.